The summed E-state index contributed by atoms with van der Waals surface area (Å²) in [5, 5.41) is 3.90. The van der Waals surface area contributed by atoms with Crippen LogP contribution in [0.5, 0.6) is 0 Å². The molecule has 3 spiro atoms. The Morgan fingerprint density at radius 2 is 2.16 bits per heavy atom. The van der Waals surface area contributed by atoms with Gasteiger partial charge >= 0.3 is 5.97 Å². The first-order valence-corrected chi connectivity index (χ1v) is 9.54. The molecule has 2 bridgehead atoms. The van der Waals surface area contributed by atoms with Gasteiger partial charge in [-0.1, -0.05) is 30.4 Å². The molecule has 2 unspecified atom stereocenters. The van der Waals surface area contributed by atoms with Crippen molar-refractivity contribution < 1.29 is 9.53 Å². The summed E-state index contributed by atoms with van der Waals surface area (Å²) in [6, 6.07) is 9.29. The van der Waals surface area contributed by atoms with Crippen LogP contribution >= 0.6 is 0 Å². The fourth-order valence-electron chi connectivity index (χ4n) is 7.56. The molecule has 3 aliphatic heterocycles. The zero-order valence-electron chi connectivity index (χ0n) is 14.6. The molecule has 3 aliphatic carbocycles. The van der Waals surface area contributed by atoms with Gasteiger partial charge in [-0.15, -0.1) is 0 Å². The minimum Gasteiger partial charge on any atom is -0.469 e. The first-order valence-electron chi connectivity index (χ1n) is 9.54. The molecule has 1 saturated heterocycles. The average molecular weight is 336 g/mol. The molecule has 0 amide bonds. The minimum absolute atomic E-state index is 0.0315. The Morgan fingerprint density at radius 3 is 3.04 bits per heavy atom. The molecule has 130 valence electrons. The topological polar surface area (TPSA) is 41.6 Å². The Morgan fingerprint density at radius 1 is 1.28 bits per heavy atom. The maximum Gasteiger partial charge on any atom is 0.311 e. The lowest BCUT2D eigenvalue weighted by molar-refractivity contribution is -0.162. The van der Waals surface area contributed by atoms with Gasteiger partial charge in [-0.3, -0.25) is 9.69 Å². The number of nitrogens with zero attached hydrogens (tertiary/aromatic N) is 1. The number of carbonyl (C=O) groups excluding carboxylic acids is 1. The number of methoxy groups -OCH3 is 1. The number of carbonyl (C=O) groups is 1. The van der Waals surface area contributed by atoms with Crippen LogP contribution in [0.1, 0.15) is 31.2 Å². The van der Waals surface area contributed by atoms with E-state index in [1.165, 1.54) is 17.7 Å². The lowest BCUT2D eigenvalue weighted by atomic mass is 9.40. The highest BCUT2D eigenvalue weighted by molar-refractivity contribution is 5.81. The van der Waals surface area contributed by atoms with Crippen LogP contribution in [0.25, 0.3) is 0 Å². The van der Waals surface area contributed by atoms with Gasteiger partial charge in [0.05, 0.1) is 18.6 Å². The molecule has 4 heteroatoms. The lowest BCUT2D eigenvalue weighted by Gasteiger charge is -2.67. The number of nitrogens with one attached hydrogen (secondary N) is 1. The van der Waals surface area contributed by atoms with E-state index in [4.69, 9.17) is 4.74 Å². The predicted molar refractivity (Wildman–Crippen MR) is 95.4 cm³/mol. The van der Waals surface area contributed by atoms with Crippen molar-refractivity contribution in [3.05, 3.63) is 42.0 Å². The van der Waals surface area contributed by atoms with Gasteiger partial charge in [0, 0.05) is 29.1 Å². The summed E-state index contributed by atoms with van der Waals surface area (Å²) in [6.45, 7) is 2.18. The molecule has 1 N–H and O–H groups in total. The van der Waals surface area contributed by atoms with Gasteiger partial charge in [0.2, 0.25) is 0 Å². The summed E-state index contributed by atoms with van der Waals surface area (Å²) < 4.78 is 5.31. The third-order valence-corrected chi connectivity index (χ3v) is 8.17. The van der Waals surface area contributed by atoms with E-state index < -0.39 is 0 Å². The van der Waals surface area contributed by atoms with E-state index in [-0.39, 0.29) is 28.3 Å². The van der Waals surface area contributed by atoms with Gasteiger partial charge in [-0.25, -0.2) is 0 Å². The molecule has 0 aromatic heterocycles. The van der Waals surface area contributed by atoms with E-state index in [0.29, 0.717) is 6.04 Å². The van der Waals surface area contributed by atoms with Crippen molar-refractivity contribution in [2.45, 2.75) is 42.7 Å². The van der Waals surface area contributed by atoms with Crippen molar-refractivity contribution >= 4 is 11.7 Å². The van der Waals surface area contributed by atoms with Crippen LogP contribution in [0.15, 0.2) is 36.4 Å². The van der Waals surface area contributed by atoms with Crippen LogP contribution in [0.3, 0.4) is 0 Å². The fourth-order valence-corrected chi connectivity index (χ4v) is 7.56. The Kier molecular flexibility index (Phi) is 2.47. The summed E-state index contributed by atoms with van der Waals surface area (Å²) in [5.74, 6) is -0.104. The van der Waals surface area contributed by atoms with E-state index in [0.717, 1.165) is 32.4 Å². The van der Waals surface area contributed by atoms with E-state index in [1.807, 2.05) is 0 Å². The van der Waals surface area contributed by atoms with Gasteiger partial charge in [-0.2, -0.15) is 0 Å². The summed E-state index contributed by atoms with van der Waals surface area (Å²) in [6.07, 6.45) is 9.08. The number of fused-ring (bicyclic) bond motifs is 3. The zero-order valence-corrected chi connectivity index (χ0v) is 14.6. The van der Waals surface area contributed by atoms with Crippen LogP contribution in [-0.4, -0.2) is 42.6 Å². The van der Waals surface area contributed by atoms with Crippen molar-refractivity contribution in [1.29, 1.82) is 0 Å². The van der Waals surface area contributed by atoms with E-state index in [9.17, 15) is 4.79 Å². The van der Waals surface area contributed by atoms with E-state index >= 15 is 0 Å². The minimum atomic E-state index is -0.184. The number of benzene rings is 1. The first-order chi connectivity index (χ1) is 12.2. The van der Waals surface area contributed by atoms with Crippen LogP contribution in [-0.2, 0) is 14.9 Å². The third kappa shape index (κ3) is 1.34. The third-order valence-electron chi connectivity index (χ3n) is 8.17. The van der Waals surface area contributed by atoms with Crippen molar-refractivity contribution in [3.8, 4) is 0 Å². The summed E-state index contributed by atoms with van der Waals surface area (Å²) in [5.41, 5.74) is 2.65. The normalized spacial score (nSPS) is 45.5. The monoisotopic (exact) mass is 336 g/mol. The number of anilines is 1. The van der Waals surface area contributed by atoms with Gasteiger partial charge in [0.15, 0.2) is 0 Å². The highest BCUT2D eigenvalue weighted by Gasteiger charge is 2.78. The number of esters is 1. The molecule has 4 fully saturated rings. The first kappa shape index (κ1) is 14.4. The molecule has 25 heavy (non-hydrogen) atoms. The Bertz CT molecular complexity index is 820. The number of hydrogen-bond donors (Lipinski definition) is 1. The van der Waals surface area contributed by atoms with Crippen molar-refractivity contribution in [1.82, 2.24) is 4.90 Å². The largest absolute Gasteiger partial charge is 0.469 e. The molecule has 0 radical (unpaired) electrons. The molecule has 1 aromatic carbocycles. The highest BCUT2D eigenvalue weighted by Crippen LogP contribution is 2.73. The second-order valence-corrected chi connectivity index (χ2v) is 8.68. The average Bonchev–Trinajstić information content (AvgIpc) is 3.19. The van der Waals surface area contributed by atoms with Crippen LogP contribution < -0.4 is 5.32 Å². The van der Waals surface area contributed by atoms with Crippen molar-refractivity contribution in [2.24, 2.45) is 11.3 Å². The van der Waals surface area contributed by atoms with Gasteiger partial charge < -0.3 is 10.1 Å². The molecular weight excluding hydrogens is 312 g/mol. The summed E-state index contributed by atoms with van der Waals surface area (Å²) >= 11 is 0. The maximum absolute atomic E-state index is 12.9. The van der Waals surface area contributed by atoms with Crippen molar-refractivity contribution in [2.75, 3.05) is 25.5 Å². The smallest absolute Gasteiger partial charge is 0.311 e. The van der Waals surface area contributed by atoms with Gasteiger partial charge in [0.1, 0.15) is 0 Å². The van der Waals surface area contributed by atoms with E-state index in [2.05, 4.69) is 46.6 Å². The molecule has 1 aromatic rings. The molecular formula is C21H24N2O2. The Hall–Kier alpha value is -1.81. The lowest BCUT2D eigenvalue weighted by Crippen LogP contribution is -2.76. The van der Waals surface area contributed by atoms with Crippen LogP contribution in [0.4, 0.5) is 5.69 Å². The molecule has 5 atom stereocenters. The second-order valence-electron chi connectivity index (χ2n) is 8.68. The van der Waals surface area contributed by atoms with Gasteiger partial charge in [0.25, 0.3) is 0 Å². The molecule has 4 nitrogen and oxygen atoms in total. The number of hydrogen-bond acceptors (Lipinski definition) is 4. The van der Waals surface area contributed by atoms with Crippen molar-refractivity contribution in [3.63, 3.8) is 0 Å². The number of rotatable bonds is 1. The molecule has 7 rings (SSSR count). The summed E-state index contributed by atoms with van der Waals surface area (Å²) in [4.78, 5) is 15.6. The second kappa shape index (κ2) is 4.29. The Labute approximate surface area is 148 Å². The zero-order chi connectivity index (χ0) is 16.9. The SMILES string of the molecule is COC(=O)[C@@H]1CC23C=CCN4CC[C@@]5(c6ccccc6NC15CC2)[C@@H]43. The highest BCUT2D eigenvalue weighted by atomic mass is 16.5. The molecule has 6 aliphatic rings. The van der Waals surface area contributed by atoms with Crippen LogP contribution in [0, 0.1) is 11.3 Å². The fraction of sp³-hybridized carbons (Fsp3) is 0.571. The molecule has 3 saturated carbocycles. The predicted octanol–water partition coefficient (Wildman–Crippen LogP) is 2.71. The van der Waals surface area contributed by atoms with E-state index in [1.54, 1.807) is 7.11 Å². The van der Waals surface area contributed by atoms with Crippen LogP contribution in [0.2, 0.25) is 0 Å². The maximum atomic E-state index is 12.9. The standard InChI is InChI=1S/C21H24N2O2/c1-25-17(24)15-13-19-7-4-11-23-12-10-20(18(19)23)14-5-2-3-6-16(14)22-21(15,20)9-8-19/h2-7,15,18,22H,8-13H2,1H3/t15-,18-,19?,20+,21?/m0/s1. The number of para-hydroxylation sites is 1. The summed E-state index contributed by atoms with van der Waals surface area (Å²) in [7, 11) is 1.54. The van der Waals surface area contributed by atoms with Gasteiger partial charge in [-0.05, 0) is 43.9 Å². The molecule has 3 heterocycles. The Balaban J connectivity index is 1.67. The quantitative estimate of drug-likeness (QED) is 0.632. The number of ether oxygens (including phenoxy) is 1.